The molecule has 0 fully saturated rings. The van der Waals surface area contributed by atoms with E-state index in [1.165, 1.54) is 0 Å². The van der Waals surface area contributed by atoms with Gasteiger partial charge in [0.05, 0.1) is 0 Å². The molecule has 0 saturated heterocycles. The fraction of sp³-hybridized carbons (Fsp3) is 0.312. The molecule has 2 aliphatic heterocycles. The zero-order chi connectivity index (χ0) is 16.8. The standard InChI is InChI=1S/C16H14ClN3O4/c17-9-3-4-10-8(6-9)7-11(24-10)15(21)19-14-13(16(22)23)20-5-1-2-12(20)18-14/h3-4,6,11H,1-2,5,7H2,(H,19,21)(H,22,23). The molecule has 0 saturated carbocycles. The number of ether oxygens (including phenoxy) is 1. The van der Waals surface area contributed by atoms with Crippen LogP contribution in [0.3, 0.4) is 0 Å². The highest BCUT2D eigenvalue weighted by Crippen LogP contribution is 2.32. The van der Waals surface area contributed by atoms with Gasteiger partial charge in [0.15, 0.2) is 17.6 Å². The number of carboxylic acids is 1. The highest BCUT2D eigenvalue weighted by atomic mass is 35.5. The topological polar surface area (TPSA) is 93.5 Å². The number of halogens is 1. The summed E-state index contributed by atoms with van der Waals surface area (Å²) in [5.74, 6) is -0.134. The Balaban J connectivity index is 1.55. The zero-order valence-electron chi connectivity index (χ0n) is 12.6. The predicted molar refractivity (Wildman–Crippen MR) is 85.7 cm³/mol. The summed E-state index contributed by atoms with van der Waals surface area (Å²) in [5.41, 5.74) is 0.878. The molecular formula is C16H14ClN3O4. The van der Waals surface area contributed by atoms with Gasteiger partial charge in [-0.1, -0.05) is 11.6 Å². The first-order chi connectivity index (χ1) is 11.5. The summed E-state index contributed by atoms with van der Waals surface area (Å²) in [5, 5.41) is 12.6. The number of aromatic carboxylic acids is 1. The number of nitrogens with one attached hydrogen (secondary N) is 1. The summed E-state index contributed by atoms with van der Waals surface area (Å²) < 4.78 is 7.26. The highest BCUT2D eigenvalue weighted by Gasteiger charge is 2.32. The van der Waals surface area contributed by atoms with Gasteiger partial charge in [0.2, 0.25) is 0 Å². The van der Waals surface area contributed by atoms with Crippen LogP contribution in [0.1, 0.15) is 28.3 Å². The van der Waals surface area contributed by atoms with Crippen molar-refractivity contribution in [2.45, 2.75) is 31.9 Å². The molecule has 1 aromatic carbocycles. The lowest BCUT2D eigenvalue weighted by molar-refractivity contribution is -0.122. The molecule has 2 aliphatic rings. The number of carbonyl (C=O) groups is 2. The summed E-state index contributed by atoms with van der Waals surface area (Å²) in [4.78, 5) is 28.2. The highest BCUT2D eigenvalue weighted by molar-refractivity contribution is 6.30. The fourth-order valence-corrected chi connectivity index (χ4v) is 3.39. The normalized spacial score (nSPS) is 18.0. The summed E-state index contributed by atoms with van der Waals surface area (Å²) in [6.07, 6.45) is 1.23. The van der Waals surface area contributed by atoms with Crippen LogP contribution in [0.15, 0.2) is 18.2 Å². The first-order valence-electron chi connectivity index (χ1n) is 7.61. The molecule has 1 amide bonds. The Morgan fingerprint density at radius 1 is 1.42 bits per heavy atom. The van der Waals surface area contributed by atoms with Gasteiger partial charge in [-0.25, -0.2) is 9.78 Å². The van der Waals surface area contributed by atoms with Crippen molar-refractivity contribution >= 4 is 29.3 Å². The van der Waals surface area contributed by atoms with Crippen LogP contribution in [0.2, 0.25) is 5.02 Å². The van der Waals surface area contributed by atoms with E-state index in [2.05, 4.69) is 10.3 Å². The summed E-state index contributed by atoms with van der Waals surface area (Å²) >= 11 is 5.94. The van der Waals surface area contributed by atoms with Gasteiger partial charge in [-0.05, 0) is 30.2 Å². The molecule has 0 spiro atoms. The predicted octanol–water partition coefficient (Wildman–Crippen LogP) is 2.12. The molecule has 124 valence electrons. The number of hydrogen-bond acceptors (Lipinski definition) is 4. The number of rotatable bonds is 3. The lowest BCUT2D eigenvalue weighted by Gasteiger charge is -2.11. The van der Waals surface area contributed by atoms with Gasteiger partial charge in [0, 0.05) is 24.4 Å². The van der Waals surface area contributed by atoms with Gasteiger partial charge in [-0.2, -0.15) is 0 Å². The van der Waals surface area contributed by atoms with Gasteiger partial charge in [-0.15, -0.1) is 0 Å². The van der Waals surface area contributed by atoms with E-state index >= 15 is 0 Å². The number of aryl methyl sites for hydroxylation is 1. The maximum Gasteiger partial charge on any atom is 0.356 e. The summed E-state index contributed by atoms with van der Waals surface area (Å²) in [7, 11) is 0. The van der Waals surface area contributed by atoms with Crippen LogP contribution in [-0.2, 0) is 24.2 Å². The van der Waals surface area contributed by atoms with E-state index in [1.54, 1.807) is 22.8 Å². The third-order valence-corrected chi connectivity index (χ3v) is 4.50. The molecule has 2 N–H and O–H groups in total. The lowest BCUT2D eigenvalue weighted by atomic mass is 10.1. The molecule has 1 atom stereocenters. The quantitative estimate of drug-likeness (QED) is 0.887. The number of amides is 1. The van der Waals surface area contributed by atoms with Crippen molar-refractivity contribution in [3.8, 4) is 5.75 Å². The molecule has 0 bridgehead atoms. The van der Waals surface area contributed by atoms with Gasteiger partial charge in [0.1, 0.15) is 11.6 Å². The van der Waals surface area contributed by atoms with Crippen LogP contribution in [-0.4, -0.2) is 32.6 Å². The Morgan fingerprint density at radius 3 is 3.04 bits per heavy atom. The minimum absolute atomic E-state index is 0.0226. The van der Waals surface area contributed by atoms with Crippen molar-refractivity contribution in [1.82, 2.24) is 9.55 Å². The molecule has 0 radical (unpaired) electrons. The molecular weight excluding hydrogens is 334 g/mol. The largest absolute Gasteiger partial charge is 0.480 e. The summed E-state index contributed by atoms with van der Waals surface area (Å²) in [6.45, 7) is 0.601. The van der Waals surface area contributed by atoms with Crippen LogP contribution in [0, 0.1) is 0 Å². The number of imidazole rings is 1. The van der Waals surface area contributed by atoms with Crippen LogP contribution in [0.5, 0.6) is 5.75 Å². The number of benzene rings is 1. The minimum Gasteiger partial charge on any atom is -0.480 e. The molecule has 2 aromatic rings. The Labute approximate surface area is 142 Å². The van der Waals surface area contributed by atoms with Gasteiger partial charge in [0.25, 0.3) is 5.91 Å². The van der Waals surface area contributed by atoms with Crippen LogP contribution < -0.4 is 10.1 Å². The third-order valence-electron chi connectivity index (χ3n) is 4.26. The maximum absolute atomic E-state index is 12.5. The minimum atomic E-state index is -1.10. The lowest BCUT2D eigenvalue weighted by Crippen LogP contribution is -2.32. The number of anilines is 1. The Bertz CT molecular complexity index is 861. The molecule has 4 rings (SSSR count). The molecule has 24 heavy (non-hydrogen) atoms. The van der Waals surface area contributed by atoms with E-state index in [-0.39, 0.29) is 11.5 Å². The molecule has 8 heteroatoms. The number of fused-ring (bicyclic) bond motifs is 2. The van der Waals surface area contributed by atoms with E-state index in [1.807, 2.05) is 0 Å². The smallest absolute Gasteiger partial charge is 0.356 e. The second-order valence-electron chi connectivity index (χ2n) is 5.84. The molecule has 0 aliphatic carbocycles. The average molecular weight is 348 g/mol. The van der Waals surface area contributed by atoms with E-state index in [0.29, 0.717) is 36.0 Å². The molecule has 7 nitrogen and oxygen atoms in total. The van der Waals surface area contributed by atoms with E-state index in [4.69, 9.17) is 16.3 Å². The first-order valence-corrected chi connectivity index (χ1v) is 7.99. The van der Waals surface area contributed by atoms with Crippen molar-refractivity contribution in [1.29, 1.82) is 0 Å². The molecule has 1 aromatic heterocycles. The van der Waals surface area contributed by atoms with Crippen LogP contribution >= 0.6 is 11.6 Å². The van der Waals surface area contributed by atoms with Crippen LogP contribution in [0.25, 0.3) is 0 Å². The summed E-state index contributed by atoms with van der Waals surface area (Å²) in [6, 6.07) is 5.18. The van der Waals surface area contributed by atoms with Crippen molar-refractivity contribution in [2.75, 3.05) is 5.32 Å². The SMILES string of the molecule is O=C(O)c1c(NC(=O)C2Cc3cc(Cl)ccc3O2)nc2n1CCC2. The molecule has 1 unspecified atom stereocenters. The van der Waals surface area contributed by atoms with Gasteiger partial charge >= 0.3 is 5.97 Å². The van der Waals surface area contributed by atoms with Gasteiger partial charge < -0.3 is 19.7 Å². The monoisotopic (exact) mass is 347 g/mol. The first kappa shape index (κ1) is 15.0. The Kier molecular flexibility index (Phi) is 3.45. The molecule has 3 heterocycles. The van der Waals surface area contributed by atoms with Crippen LogP contribution in [0.4, 0.5) is 5.82 Å². The van der Waals surface area contributed by atoms with Crippen molar-refractivity contribution in [3.05, 3.63) is 40.3 Å². The number of hydrogen-bond donors (Lipinski definition) is 2. The second-order valence-corrected chi connectivity index (χ2v) is 6.27. The third kappa shape index (κ3) is 2.41. The number of carbonyl (C=O) groups excluding carboxylic acids is 1. The average Bonchev–Trinajstić information content (AvgIpc) is 3.19. The Morgan fingerprint density at radius 2 is 2.25 bits per heavy atom. The Hall–Kier alpha value is -2.54. The number of carboxylic acid groups (broad SMARTS) is 1. The number of aromatic nitrogens is 2. The zero-order valence-corrected chi connectivity index (χ0v) is 13.3. The van der Waals surface area contributed by atoms with Crippen molar-refractivity contribution in [3.63, 3.8) is 0 Å². The van der Waals surface area contributed by atoms with E-state index in [9.17, 15) is 14.7 Å². The fourth-order valence-electron chi connectivity index (χ4n) is 3.19. The van der Waals surface area contributed by atoms with E-state index in [0.717, 1.165) is 12.0 Å². The van der Waals surface area contributed by atoms with Gasteiger partial charge in [-0.3, -0.25) is 4.79 Å². The maximum atomic E-state index is 12.5. The van der Waals surface area contributed by atoms with E-state index < -0.39 is 18.0 Å². The second kappa shape index (κ2) is 5.52. The van der Waals surface area contributed by atoms with Crippen molar-refractivity contribution < 1.29 is 19.4 Å². The number of nitrogens with zero attached hydrogens (tertiary/aromatic N) is 2. The van der Waals surface area contributed by atoms with Crippen molar-refractivity contribution in [2.24, 2.45) is 0 Å².